The summed E-state index contributed by atoms with van der Waals surface area (Å²) in [5, 5.41) is 3.35. The number of nitrogens with one attached hydrogen (secondary N) is 1. The Bertz CT molecular complexity index is 664. The van der Waals surface area contributed by atoms with Crippen molar-refractivity contribution < 1.29 is 0 Å². The summed E-state index contributed by atoms with van der Waals surface area (Å²) in [5.74, 6) is 0.868. The van der Waals surface area contributed by atoms with Crippen LogP contribution in [0.3, 0.4) is 0 Å². The summed E-state index contributed by atoms with van der Waals surface area (Å²) in [6.45, 7) is 6.11. The lowest BCUT2D eigenvalue weighted by molar-refractivity contribution is 1.36. The number of halogens is 2. The smallest absolute Gasteiger partial charge is 0.103 e. The maximum atomic E-state index is 4.65. The van der Waals surface area contributed by atoms with Gasteiger partial charge in [0.1, 0.15) is 5.84 Å². The number of anilines is 1. The summed E-state index contributed by atoms with van der Waals surface area (Å²) in [4.78, 5) is 4.65. The zero-order valence-corrected chi connectivity index (χ0v) is 14.8. The molecule has 0 atom stereocenters. The predicted molar refractivity (Wildman–Crippen MR) is 94.1 cm³/mol. The van der Waals surface area contributed by atoms with Crippen LogP contribution in [-0.4, -0.2) is 5.84 Å². The molecular formula is C16H16Br2N2. The van der Waals surface area contributed by atoms with Gasteiger partial charge in [0.05, 0.1) is 5.69 Å². The first-order valence-corrected chi connectivity index (χ1v) is 7.89. The van der Waals surface area contributed by atoms with Gasteiger partial charge in [-0.3, -0.25) is 0 Å². The number of benzene rings is 2. The van der Waals surface area contributed by atoms with Gasteiger partial charge < -0.3 is 5.32 Å². The van der Waals surface area contributed by atoms with Crippen LogP contribution in [0, 0.1) is 13.8 Å². The molecule has 104 valence electrons. The quantitative estimate of drug-likeness (QED) is 0.490. The Morgan fingerprint density at radius 2 is 1.55 bits per heavy atom. The highest BCUT2D eigenvalue weighted by Crippen LogP contribution is 2.25. The fourth-order valence-corrected chi connectivity index (χ4v) is 2.55. The van der Waals surface area contributed by atoms with Gasteiger partial charge in [0.15, 0.2) is 0 Å². The summed E-state index contributed by atoms with van der Waals surface area (Å²) in [7, 11) is 0. The molecule has 0 aliphatic rings. The number of aliphatic imine (C=N–C) groups is 1. The van der Waals surface area contributed by atoms with E-state index in [0.29, 0.717) is 0 Å². The number of rotatable bonds is 2. The number of hydrogen-bond donors (Lipinski definition) is 1. The van der Waals surface area contributed by atoms with Crippen molar-refractivity contribution in [3.63, 3.8) is 0 Å². The molecule has 0 unspecified atom stereocenters. The second-order valence-electron chi connectivity index (χ2n) is 4.71. The van der Waals surface area contributed by atoms with Gasteiger partial charge in [-0.1, -0.05) is 44.0 Å². The maximum Gasteiger partial charge on any atom is 0.103 e. The lowest BCUT2D eigenvalue weighted by atomic mass is 10.2. The molecule has 0 heterocycles. The first-order valence-electron chi connectivity index (χ1n) is 6.30. The molecule has 0 bridgehead atoms. The van der Waals surface area contributed by atoms with Gasteiger partial charge in [0.2, 0.25) is 0 Å². The predicted octanol–water partition coefficient (Wildman–Crippen LogP) is 5.99. The second-order valence-corrected chi connectivity index (χ2v) is 6.54. The van der Waals surface area contributed by atoms with Gasteiger partial charge >= 0.3 is 0 Å². The molecule has 2 aromatic rings. The van der Waals surface area contributed by atoms with Crippen molar-refractivity contribution >= 4 is 49.1 Å². The molecule has 0 saturated heterocycles. The zero-order valence-electron chi connectivity index (χ0n) is 11.7. The highest BCUT2D eigenvalue weighted by molar-refractivity contribution is 9.10. The molecule has 1 N–H and O–H groups in total. The number of aryl methyl sites for hydroxylation is 2. The van der Waals surface area contributed by atoms with Gasteiger partial charge in [0, 0.05) is 14.6 Å². The molecule has 0 aliphatic heterocycles. The van der Waals surface area contributed by atoms with E-state index in [0.717, 1.165) is 31.7 Å². The second kappa shape index (κ2) is 6.55. The molecule has 2 nitrogen and oxygen atoms in total. The van der Waals surface area contributed by atoms with Crippen LogP contribution in [0.2, 0.25) is 0 Å². The fourth-order valence-electron chi connectivity index (χ4n) is 1.84. The van der Waals surface area contributed by atoms with Crippen LogP contribution < -0.4 is 5.32 Å². The van der Waals surface area contributed by atoms with Crippen LogP contribution in [0.1, 0.15) is 18.1 Å². The first-order chi connectivity index (χ1) is 9.45. The third-order valence-electron chi connectivity index (χ3n) is 2.97. The number of nitrogens with zero attached hydrogens (tertiary/aromatic N) is 1. The van der Waals surface area contributed by atoms with Crippen molar-refractivity contribution in [3.05, 3.63) is 56.5 Å². The Labute approximate surface area is 136 Å². The van der Waals surface area contributed by atoms with E-state index in [1.807, 2.05) is 25.1 Å². The van der Waals surface area contributed by atoms with Crippen molar-refractivity contribution in [3.8, 4) is 0 Å². The third kappa shape index (κ3) is 3.93. The van der Waals surface area contributed by atoms with Crippen LogP contribution in [-0.2, 0) is 0 Å². The summed E-state index contributed by atoms with van der Waals surface area (Å²) in [5.41, 5.74) is 4.37. The summed E-state index contributed by atoms with van der Waals surface area (Å²) in [6.07, 6.45) is 0. The lowest BCUT2D eigenvalue weighted by Gasteiger charge is -2.10. The van der Waals surface area contributed by atoms with Gasteiger partial charge in [-0.25, -0.2) is 4.99 Å². The van der Waals surface area contributed by atoms with E-state index in [1.165, 1.54) is 5.56 Å². The van der Waals surface area contributed by atoms with Crippen molar-refractivity contribution in [2.24, 2.45) is 4.99 Å². The van der Waals surface area contributed by atoms with Crippen molar-refractivity contribution in [2.75, 3.05) is 5.32 Å². The molecule has 2 aromatic carbocycles. The average molecular weight is 396 g/mol. The standard InChI is InChI=1S/C16H16Br2N2/c1-10-4-6-13(17)8-15(10)19-12(3)20-16-9-14(18)7-5-11(16)2/h4-9H,1-3H3,(H,19,20). The SMILES string of the molecule is CC(=Nc1cc(Br)ccc1C)Nc1cc(Br)ccc1C. The first kappa shape index (κ1) is 15.3. The van der Waals surface area contributed by atoms with Crippen LogP contribution in [0.4, 0.5) is 11.4 Å². The number of amidine groups is 1. The Hall–Kier alpha value is -1.13. The van der Waals surface area contributed by atoms with Gasteiger partial charge in [-0.05, 0) is 56.2 Å². The monoisotopic (exact) mass is 394 g/mol. The molecule has 0 spiro atoms. The molecule has 0 aliphatic carbocycles. The van der Waals surface area contributed by atoms with Gasteiger partial charge in [-0.2, -0.15) is 0 Å². The third-order valence-corrected chi connectivity index (χ3v) is 3.96. The van der Waals surface area contributed by atoms with Crippen LogP contribution in [0.5, 0.6) is 0 Å². The van der Waals surface area contributed by atoms with E-state index >= 15 is 0 Å². The minimum absolute atomic E-state index is 0.868. The Morgan fingerprint density at radius 3 is 2.25 bits per heavy atom. The lowest BCUT2D eigenvalue weighted by Crippen LogP contribution is -2.08. The van der Waals surface area contributed by atoms with Gasteiger partial charge in [-0.15, -0.1) is 0 Å². The molecule has 4 heteroatoms. The van der Waals surface area contributed by atoms with Crippen LogP contribution in [0.15, 0.2) is 50.3 Å². The van der Waals surface area contributed by atoms with Crippen molar-refractivity contribution in [1.29, 1.82) is 0 Å². The Kier molecular flexibility index (Phi) is 5.00. The minimum Gasteiger partial charge on any atom is -0.344 e. The Morgan fingerprint density at radius 1 is 0.950 bits per heavy atom. The molecule has 0 aromatic heterocycles. The molecule has 0 amide bonds. The van der Waals surface area contributed by atoms with Crippen molar-refractivity contribution in [1.82, 2.24) is 0 Å². The summed E-state index contributed by atoms with van der Waals surface area (Å²) >= 11 is 6.97. The molecule has 2 rings (SSSR count). The van der Waals surface area contributed by atoms with E-state index in [1.54, 1.807) is 0 Å². The number of hydrogen-bond acceptors (Lipinski definition) is 1. The van der Waals surface area contributed by atoms with E-state index in [9.17, 15) is 0 Å². The van der Waals surface area contributed by atoms with Crippen molar-refractivity contribution in [2.45, 2.75) is 20.8 Å². The highest BCUT2D eigenvalue weighted by atomic mass is 79.9. The zero-order chi connectivity index (χ0) is 14.7. The average Bonchev–Trinajstić information content (AvgIpc) is 2.38. The largest absolute Gasteiger partial charge is 0.344 e. The minimum atomic E-state index is 0.868. The topological polar surface area (TPSA) is 24.4 Å². The van der Waals surface area contributed by atoms with E-state index < -0.39 is 0 Å². The molecular weight excluding hydrogens is 380 g/mol. The molecule has 20 heavy (non-hydrogen) atoms. The van der Waals surface area contributed by atoms with E-state index in [-0.39, 0.29) is 0 Å². The van der Waals surface area contributed by atoms with Gasteiger partial charge in [0.25, 0.3) is 0 Å². The molecule has 0 fully saturated rings. The summed E-state index contributed by atoms with van der Waals surface area (Å²) < 4.78 is 2.09. The summed E-state index contributed by atoms with van der Waals surface area (Å²) in [6, 6.07) is 12.3. The normalized spacial score (nSPS) is 11.6. The van der Waals surface area contributed by atoms with Crippen LogP contribution in [0.25, 0.3) is 0 Å². The van der Waals surface area contributed by atoms with E-state index in [2.05, 4.69) is 74.2 Å². The molecule has 0 saturated carbocycles. The fraction of sp³-hybridized carbons (Fsp3) is 0.188. The highest BCUT2D eigenvalue weighted by Gasteiger charge is 2.02. The maximum absolute atomic E-state index is 4.65. The molecule has 0 radical (unpaired) electrons. The Balaban J connectivity index is 2.27. The van der Waals surface area contributed by atoms with E-state index in [4.69, 9.17) is 0 Å². The van der Waals surface area contributed by atoms with Crippen LogP contribution >= 0.6 is 31.9 Å².